The molecule has 0 saturated heterocycles. The van der Waals surface area contributed by atoms with E-state index in [0.717, 1.165) is 5.56 Å². The Balaban J connectivity index is 2.22. The summed E-state index contributed by atoms with van der Waals surface area (Å²) in [5, 5.41) is 0.409. The summed E-state index contributed by atoms with van der Waals surface area (Å²) < 4.78 is 49.9. The van der Waals surface area contributed by atoms with Gasteiger partial charge in [0.2, 0.25) is 0 Å². The van der Waals surface area contributed by atoms with E-state index >= 15 is 0 Å². The predicted molar refractivity (Wildman–Crippen MR) is 128 cm³/mol. The molecule has 0 aromatic heterocycles. The summed E-state index contributed by atoms with van der Waals surface area (Å²) in [7, 11) is 0.424. The number of rotatable bonds is 8. The first-order valence-corrected chi connectivity index (χ1v) is 13.9. The summed E-state index contributed by atoms with van der Waals surface area (Å²) in [4.78, 5) is 0.0684. The Bertz CT molecular complexity index is 1140. The second-order valence-electron chi connectivity index (χ2n) is 6.34. The molecular formula is C22H22ClIO6S. The minimum absolute atomic E-state index is 0.0684. The van der Waals surface area contributed by atoms with Crippen molar-refractivity contribution in [2.45, 2.75) is 11.8 Å². The molecule has 0 aliphatic heterocycles. The minimum atomic E-state index is -4.09. The average molecular weight is 577 g/mol. The number of halogens is 2. The van der Waals surface area contributed by atoms with E-state index in [4.69, 9.17) is 28.3 Å². The summed E-state index contributed by atoms with van der Waals surface area (Å²) in [6.07, 6.45) is 0. The summed E-state index contributed by atoms with van der Waals surface area (Å²) >= 11 is 3.27. The van der Waals surface area contributed by atoms with E-state index < -0.39 is 30.4 Å². The van der Waals surface area contributed by atoms with Crippen molar-refractivity contribution < 1.29 is 25.1 Å². The molecule has 0 spiro atoms. The SMILES string of the molecule is COc1cc(OC)c(I(OS(=O)(=O)c2ccc(C)cc2)c2ccccc2Cl)c(OC)c1. The summed E-state index contributed by atoms with van der Waals surface area (Å²) in [5.74, 6) is 1.31. The molecule has 0 bridgehead atoms. The number of hydrogen-bond donors (Lipinski definition) is 0. The third-order valence-corrected chi connectivity index (χ3v) is 12.6. The number of aryl methyl sites for hydroxylation is 1. The second kappa shape index (κ2) is 10.1. The van der Waals surface area contributed by atoms with E-state index in [-0.39, 0.29) is 4.90 Å². The van der Waals surface area contributed by atoms with Gasteiger partial charge in [-0.2, -0.15) is 0 Å². The van der Waals surface area contributed by atoms with Crippen LogP contribution in [0.2, 0.25) is 5.02 Å². The van der Waals surface area contributed by atoms with Crippen molar-refractivity contribution in [3.8, 4) is 17.2 Å². The van der Waals surface area contributed by atoms with Gasteiger partial charge in [0.15, 0.2) is 0 Å². The van der Waals surface area contributed by atoms with Gasteiger partial charge in [-0.1, -0.05) is 0 Å². The fraction of sp³-hybridized carbons (Fsp3) is 0.182. The molecule has 0 heterocycles. The van der Waals surface area contributed by atoms with Crippen molar-refractivity contribution in [1.29, 1.82) is 0 Å². The van der Waals surface area contributed by atoms with E-state index in [2.05, 4.69) is 0 Å². The first kappa shape index (κ1) is 23.6. The molecule has 0 N–H and O–H groups in total. The molecule has 0 aliphatic rings. The van der Waals surface area contributed by atoms with Gasteiger partial charge in [0.25, 0.3) is 0 Å². The fourth-order valence-electron chi connectivity index (χ4n) is 2.70. The zero-order chi connectivity index (χ0) is 22.6. The zero-order valence-corrected chi connectivity index (χ0v) is 21.1. The Labute approximate surface area is 195 Å². The van der Waals surface area contributed by atoms with Crippen LogP contribution in [0.3, 0.4) is 0 Å². The Morgan fingerprint density at radius 2 is 1.42 bits per heavy atom. The van der Waals surface area contributed by atoms with Crippen LogP contribution < -0.4 is 14.2 Å². The molecule has 0 atom stereocenters. The zero-order valence-electron chi connectivity index (χ0n) is 17.4. The molecule has 3 rings (SSSR count). The van der Waals surface area contributed by atoms with Crippen LogP contribution in [0.5, 0.6) is 17.2 Å². The normalized spacial score (nSPS) is 11.7. The Hall–Kier alpha value is -2.01. The monoisotopic (exact) mass is 576 g/mol. The molecule has 166 valence electrons. The van der Waals surface area contributed by atoms with E-state index in [0.29, 0.717) is 29.4 Å². The van der Waals surface area contributed by atoms with Gasteiger partial charge in [0, 0.05) is 0 Å². The van der Waals surface area contributed by atoms with Crippen molar-refractivity contribution in [3.05, 3.63) is 78.4 Å². The Kier molecular flexibility index (Phi) is 7.68. The van der Waals surface area contributed by atoms with Gasteiger partial charge in [0.1, 0.15) is 0 Å². The van der Waals surface area contributed by atoms with Crippen LogP contribution >= 0.6 is 31.8 Å². The third kappa shape index (κ3) is 5.25. The standard InChI is InChI=1S/C22H22ClIO6S/c1-15-9-11-17(12-10-15)31(25,26)30-24(19-8-6-5-7-18(19)23)22-20(28-3)13-16(27-2)14-21(22)29-4/h5-14H,1-4H3. The van der Waals surface area contributed by atoms with Crippen molar-refractivity contribution in [3.63, 3.8) is 0 Å². The van der Waals surface area contributed by atoms with Crippen LogP contribution in [-0.2, 0) is 12.6 Å². The van der Waals surface area contributed by atoms with Crippen LogP contribution in [-0.4, -0.2) is 29.7 Å². The first-order chi connectivity index (χ1) is 14.8. The molecule has 0 fully saturated rings. The summed E-state index contributed by atoms with van der Waals surface area (Å²) in [6, 6.07) is 16.8. The third-order valence-electron chi connectivity index (χ3n) is 4.29. The number of methoxy groups -OCH3 is 3. The molecule has 0 amide bonds. The maximum absolute atomic E-state index is 13.2. The van der Waals surface area contributed by atoms with Crippen LogP contribution in [0, 0.1) is 14.1 Å². The molecule has 3 aromatic rings. The Morgan fingerprint density at radius 1 is 0.839 bits per heavy atom. The van der Waals surface area contributed by atoms with Crippen molar-refractivity contribution in [1.82, 2.24) is 0 Å². The van der Waals surface area contributed by atoms with Gasteiger partial charge in [-0.15, -0.1) is 0 Å². The average Bonchev–Trinajstić information content (AvgIpc) is 2.77. The van der Waals surface area contributed by atoms with Gasteiger partial charge < -0.3 is 0 Å². The van der Waals surface area contributed by atoms with Crippen LogP contribution in [0.25, 0.3) is 0 Å². The predicted octanol–water partition coefficient (Wildman–Crippen LogP) is 5.54. The molecule has 9 heteroatoms. The molecular weight excluding hydrogens is 555 g/mol. The van der Waals surface area contributed by atoms with Crippen molar-refractivity contribution in [2.75, 3.05) is 21.3 Å². The van der Waals surface area contributed by atoms with Crippen molar-refractivity contribution >= 4 is 42.0 Å². The summed E-state index contributed by atoms with van der Waals surface area (Å²) in [5.41, 5.74) is 0.943. The maximum atomic E-state index is 13.2. The molecule has 31 heavy (non-hydrogen) atoms. The van der Waals surface area contributed by atoms with Gasteiger partial charge in [-0.3, -0.25) is 0 Å². The fourth-order valence-corrected chi connectivity index (χ4v) is 10.8. The van der Waals surface area contributed by atoms with E-state index in [1.54, 1.807) is 48.5 Å². The molecule has 0 aliphatic carbocycles. The number of ether oxygens (including phenoxy) is 3. The van der Waals surface area contributed by atoms with Gasteiger partial charge in [0.05, 0.1) is 0 Å². The number of hydrogen-bond acceptors (Lipinski definition) is 6. The number of benzene rings is 3. The van der Waals surface area contributed by atoms with Crippen LogP contribution in [0.15, 0.2) is 65.6 Å². The van der Waals surface area contributed by atoms with Gasteiger partial charge in [-0.25, -0.2) is 0 Å². The van der Waals surface area contributed by atoms with Gasteiger partial charge >= 0.3 is 196 Å². The molecule has 3 aromatic carbocycles. The molecule has 0 radical (unpaired) electrons. The Morgan fingerprint density at radius 3 is 1.94 bits per heavy atom. The van der Waals surface area contributed by atoms with E-state index in [1.165, 1.54) is 33.5 Å². The quantitative estimate of drug-likeness (QED) is 0.328. The summed E-state index contributed by atoms with van der Waals surface area (Å²) in [6.45, 7) is 1.88. The molecule has 6 nitrogen and oxygen atoms in total. The topological polar surface area (TPSA) is 71.1 Å². The first-order valence-electron chi connectivity index (χ1n) is 9.07. The van der Waals surface area contributed by atoms with E-state index in [9.17, 15) is 8.42 Å². The van der Waals surface area contributed by atoms with Crippen LogP contribution in [0.4, 0.5) is 0 Å². The van der Waals surface area contributed by atoms with Crippen LogP contribution in [0.1, 0.15) is 5.56 Å². The molecule has 0 saturated carbocycles. The van der Waals surface area contributed by atoms with E-state index in [1.807, 2.05) is 6.92 Å². The second-order valence-corrected chi connectivity index (χ2v) is 13.0. The van der Waals surface area contributed by atoms with Crippen molar-refractivity contribution in [2.24, 2.45) is 0 Å². The van der Waals surface area contributed by atoms with Gasteiger partial charge in [-0.05, 0) is 0 Å². The molecule has 0 unspecified atom stereocenters.